The largest absolute Gasteiger partial charge is 0.494 e. The predicted octanol–water partition coefficient (Wildman–Crippen LogP) is 2.89. The molecule has 20 heavy (non-hydrogen) atoms. The number of nitrogens with zero attached hydrogens (tertiary/aromatic N) is 2. The van der Waals surface area contributed by atoms with E-state index in [0.29, 0.717) is 11.1 Å². The van der Waals surface area contributed by atoms with Gasteiger partial charge in [0.15, 0.2) is 11.6 Å². The molecule has 0 saturated heterocycles. The van der Waals surface area contributed by atoms with Gasteiger partial charge in [0, 0.05) is 24.2 Å². The highest BCUT2D eigenvalue weighted by molar-refractivity contribution is 5.32. The molecule has 1 aromatic heterocycles. The van der Waals surface area contributed by atoms with Crippen LogP contribution in [0, 0.1) is 5.82 Å². The van der Waals surface area contributed by atoms with E-state index in [4.69, 9.17) is 4.74 Å². The quantitative estimate of drug-likeness (QED) is 0.914. The molecule has 0 radical (unpaired) electrons. The van der Waals surface area contributed by atoms with Gasteiger partial charge in [0.25, 0.3) is 0 Å². The molecule has 1 atom stereocenters. The second-order valence-corrected chi connectivity index (χ2v) is 5.00. The lowest BCUT2D eigenvalue weighted by molar-refractivity contribution is 0.176. The van der Waals surface area contributed by atoms with Crippen molar-refractivity contribution in [2.24, 2.45) is 0 Å². The van der Waals surface area contributed by atoms with Crippen LogP contribution in [0.2, 0.25) is 0 Å². The molecule has 108 valence electrons. The summed E-state index contributed by atoms with van der Waals surface area (Å²) >= 11 is 0. The summed E-state index contributed by atoms with van der Waals surface area (Å²) in [5.41, 5.74) is 1.11. The Kier molecular flexibility index (Phi) is 4.39. The van der Waals surface area contributed by atoms with Crippen LogP contribution in [0.25, 0.3) is 0 Å². The van der Waals surface area contributed by atoms with E-state index in [1.165, 1.54) is 7.11 Å². The van der Waals surface area contributed by atoms with Crippen molar-refractivity contribution in [3.05, 3.63) is 47.5 Å². The SMILES string of the molecule is COc1cccc(CC(O)c2cnn(C(C)C)c2)c1F. The number of rotatable bonds is 5. The zero-order valence-electron chi connectivity index (χ0n) is 11.9. The lowest BCUT2D eigenvalue weighted by atomic mass is 10.0. The summed E-state index contributed by atoms with van der Waals surface area (Å²) in [5, 5.41) is 14.4. The Hall–Kier alpha value is -1.88. The molecule has 4 nitrogen and oxygen atoms in total. The van der Waals surface area contributed by atoms with Gasteiger partial charge < -0.3 is 9.84 Å². The van der Waals surface area contributed by atoms with Gasteiger partial charge in [-0.05, 0) is 25.5 Å². The van der Waals surface area contributed by atoms with Crippen LogP contribution in [-0.2, 0) is 6.42 Å². The van der Waals surface area contributed by atoms with Gasteiger partial charge in [-0.25, -0.2) is 4.39 Å². The molecule has 1 unspecified atom stereocenters. The van der Waals surface area contributed by atoms with Gasteiger partial charge >= 0.3 is 0 Å². The van der Waals surface area contributed by atoms with E-state index in [9.17, 15) is 9.50 Å². The minimum absolute atomic E-state index is 0.187. The Labute approximate surface area is 117 Å². The highest BCUT2D eigenvalue weighted by atomic mass is 19.1. The Morgan fingerprint density at radius 3 is 2.75 bits per heavy atom. The first-order valence-corrected chi connectivity index (χ1v) is 6.56. The average molecular weight is 278 g/mol. The number of hydrogen-bond acceptors (Lipinski definition) is 3. The molecule has 0 spiro atoms. The van der Waals surface area contributed by atoms with Crippen LogP contribution in [0.5, 0.6) is 5.75 Å². The van der Waals surface area contributed by atoms with Crippen LogP contribution >= 0.6 is 0 Å². The molecule has 5 heteroatoms. The zero-order chi connectivity index (χ0) is 14.7. The van der Waals surface area contributed by atoms with Gasteiger partial charge in [-0.2, -0.15) is 5.10 Å². The van der Waals surface area contributed by atoms with E-state index in [0.717, 1.165) is 0 Å². The summed E-state index contributed by atoms with van der Waals surface area (Å²) in [6.07, 6.45) is 2.80. The third kappa shape index (κ3) is 2.99. The maximum Gasteiger partial charge on any atom is 0.168 e. The molecule has 0 amide bonds. The Morgan fingerprint density at radius 2 is 2.15 bits per heavy atom. The molecular formula is C15H19FN2O2. The second-order valence-electron chi connectivity index (χ2n) is 5.00. The topological polar surface area (TPSA) is 47.3 Å². The standard InChI is InChI=1S/C15H19FN2O2/c1-10(2)18-9-12(8-17-18)13(19)7-11-5-4-6-14(20-3)15(11)16/h4-6,8-10,13,19H,7H2,1-3H3. The second kappa shape index (κ2) is 6.05. The average Bonchev–Trinajstić information content (AvgIpc) is 2.91. The summed E-state index contributed by atoms with van der Waals surface area (Å²) in [6.45, 7) is 4.01. The highest BCUT2D eigenvalue weighted by Crippen LogP contribution is 2.25. The summed E-state index contributed by atoms with van der Waals surface area (Å²) in [7, 11) is 1.42. The van der Waals surface area contributed by atoms with Gasteiger partial charge in [0.05, 0.1) is 19.4 Å². The monoisotopic (exact) mass is 278 g/mol. The first-order chi connectivity index (χ1) is 9.52. The van der Waals surface area contributed by atoms with Crippen LogP contribution in [0.4, 0.5) is 4.39 Å². The molecule has 1 aromatic carbocycles. The third-order valence-electron chi connectivity index (χ3n) is 3.21. The molecule has 0 aliphatic heterocycles. The normalized spacial score (nSPS) is 12.7. The van der Waals surface area contributed by atoms with E-state index in [2.05, 4.69) is 5.10 Å². The van der Waals surface area contributed by atoms with Crippen molar-refractivity contribution in [3.8, 4) is 5.75 Å². The van der Waals surface area contributed by atoms with Crippen LogP contribution in [-0.4, -0.2) is 22.0 Å². The van der Waals surface area contributed by atoms with Gasteiger partial charge in [0.2, 0.25) is 0 Å². The fourth-order valence-corrected chi connectivity index (χ4v) is 2.00. The maximum atomic E-state index is 14.0. The minimum atomic E-state index is -0.788. The first kappa shape index (κ1) is 14.5. The lowest BCUT2D eigenvalue weighted by Gasteiger charge is -2.11. The van der Waals surface area contributed by atoms with Crippen molar-refractivity contribution < 1.29 is 14.2 Å². The van der Waals surface area contributed by atoms with E-state index in [-0.39, 0.29) is 18.2 Å². The van der Waals surface area contributed by atoms with Crippen molar-refractivity contribution in [1.82, 2.24) is 9.78 Å². The predicted molar refractivity (Wildman–Crippen MR) is 74.2 cm³/mol. The van der Waals surface area contributed by atoms with Gasteiger partial charge in [-0.1, -0.05) is 12.1 Å². The van der Waals surface area contributed by atoms with E-state index >= 15 is 0 Å². The number of aromatic nitrogens is 2. The molecule has 2 rings (SSSR count). The number of ether oxygens (including phenoxy) is 1. The number of aliphatic hydroxyl groups is 1. The van der Waals surface area contributed by atoms with E-state index in [1.807, 2.05) is 13.8 Å². The lowest BCUT2D eigenvalue weighted by Crippen LogP contribution is -2.04. The molecule has 0 fully saturated rings. The van der Waals surface area contributed by atoms with E-state index < -0.39 is 11.9 Å². The molecule has 0 bridgehead atoms. The summed E-state index contributed by atoms with van der Waals surface area (Å²) in [6, 6.07) is 5.14. The van der Waals surface area contributed by atoms with Crippen LogP contribution in [0.3, 0.4) is 0 Å². The number of methoxy groups -OCH3 is 1. The Morgan fingerprint density at radius 1 is 1.40 bits per heavy atom. The molecule has 2 aromatic rings. The van der Waals surface area contributed by atoms with Crippen molar-refractivity contribution in [2.45, 2.75) is 32.4 Å². The zero-order valence-corrected chi connectivity index (χ0v) is 11.9. The van der Waals surface area contributed by atoms with Gasteiger partial charge in [-0.3, -0.25) is 4.68 Å². The molecular weight excluding hydrogens is 259 g/mol. The van der Waals surface area contributed by atoms with E-state index in [1.54, 1.807) is 35.3 Å². The molecule has 1 N–H and O–H groups in total. The Bertz CT molecular complexity index is 581. The van der Waals surface area contributed by atoms with Gasteiger partial charge in [0.1, 0.15) is 0 Å². The van der Waals surface area contributed by atoms with Crippen LogP contribution in [0.1, 0.15) is 37.1 Å². The summed E-state index contributed by atoms with van der Waals surface area (Å²) in [4.78, 5) is 0. The number of hydrogen-bond donors (Lipinski definition) is 1. The fraction of sp³-hybridized carbons (Fsp3) is 0.400. The third-order valence-corrected chi connectivity index (χ3v) is 3.21. The first-order valence-electron chi connectivity index (χ1n) is 6.56. The Balaban J connectivity index is 2.16. The number of aliphatic hydroxyl groups excluding tert-OH is 1. The number of halogens is 1. The van der Waals surface area contributed by atoms with Crippen molar-refractivity contribution in [2.75, 3.05) is 7.11 Å². The molecule has 0 saturated carbocycles. The molecule has 0 aliphatic rings. The maximum absolute atomic E-state index is 14.0. The molecule has 0 aliphatic carbocycles. The van der Waals surface area contributed by atoms with Crippen LogP contribution < -0.4 is 4.74 Å². The van der Waals surface area contributed by atoms with Crippen LogP contribution in [0.15, 0.2) is 30.6 Å². The fourth-order valence-electron chi connectivity index (χ4n) is 2.00. The number of benzene rings is 1. The highest BCUT2D eigenvalue weighted by Gasteiger charge is 2.16. The van der Waals surface area contributed by atoms with Gasteiger partial charge in [-0.15, -0.1) is 0 Å². The molecule has 1 heterocycles. The van der Waals surface area contributed by atoms with Crippen molar-refractivity contribution in [1.29, 1.82) is 0 Å². The van der Waals surface area contributed by atoms with Crippen molar-refractivity contribution in [3.63, 3.8) is 0 Å². The smallest absolute Gasteiger partial charge is 0.168 e. The summed E-state index contributed by atoms with van der Waals surface area (Å²) in [5.74, 6) is -0.238. The minimum Gasteiger partial charge on any atom is -0.494 e. The summed E-state index contributed by atoms with van der Waals surface area (Å²) < 4.78 is 20.7. The van der Waals surface area contributed by atoms with Crippen molar-refractivity contribution >= 4 is 0 Å².